The quantitative estimate of drug-likeness (QED) is 0.126. The summed E-state index contributed by atoms with van der Waals surface area (Å²) in [6, 6.07) is 97.5. The van der Waals surface area contributed by atoms with Crippen molar-refractivity contribution in [1.29, 1.82) is 0 Å². The monoisotopic (exact) mass is 1540 g/mol. The molecule has 0 aliphatic carbocycles. The summed E-state index contributed by atoms with van der Waals surface area (Å²) in [6.07, 6.45) is 0. The van der Waals surface area contributed by atoms with Crippen LogP contribution in [-0.2, 0) is 0 Å². The van der Waals surface area contributed by atoms with Crippen LogP contribution in [0.25, 0.3) is 229 Å². The van der Waals surface area contributed by atoms with Gasteiger partial charge in [-0.05, 0) is 272 Å². The Bertz CT molecular complexity index is 9460. The fraction of sp³-hybridized carbons (Fsp3) is 0. The largest absolute Gasteiger partial charge is 0.0629 e. The molecular formula is C120H78. The third-order valence-corrected chi connectivity index (χ3v) is 23.0. The van der Waals surface area contributed by atoms with E-state index in [2.05, 4.69) is 12.1 Å². The Hall–Kier alpha value is -15.6. The van der Waals surface area contributed by atoms with Crippen molar-refractivity contribution in [2.45, 2.75) is 0 Å². The Morgan fingerprint density at radius 1 is 0.117 bits per heavy atom. The van der Waals surface area contributed by atoms with Crippen molar-refractivity contribution in [2.75, 3.05) is 0 Å². The van der Waals surface area contributed by atoms with Crippen LogP contribution in [0.1, 0.15) is 32.9 Å². The molecule has 0 unspecified atom stereocenters. The van der Waals surface area contributed by atoms with E-state index in [9.17, 15) is 16.4 Å². The van der Waals surface area contributed by atoms with Gasteiger partial charge in [-0.25, -0.2) is 0 Å². The molecule has 0 aromatic heterocycles. The Morgan fingerprint density at radius 3 is 0.667 bits per heavy atom. The summed E-state index contributed by atoms with van der Waals surface area (Å²) in [5.74, 6) is 0. The minimum Gasteiger partial charge on any atom is -0.0622 e. The van der Waals surface area contributed by atoms with Crippen LogP contribution in [0, 0.1) is 0 Å². The zero-order valence-electron chi connectivity index (χ0n) is 88.2. The Balaban J connectivity index is 0.000000123. The lowest BCUT2D eigenvalue weighted by molar-refractivity contribution is 1.63. The van der Waals surface area contributed by atoms with Gasteiger partial charge in [-0.2, -0.15) is 0 Å². The van der Waals surface area contributed by atoms with Gasteiger partial charge in [0, 0.05) is 0 Å². The molecule has 0 heteroatoms. The number of rotatable bonds is 9. The van der Waals surface area contributed by atoms with Crippen LogP contribution in [0.5, 0.6) is 0 Å². The van der Waals surface area contributed by atoms with Crippen LogP contribution < -0.4 is 0 Å². The van der Waals surface area contributed by atoms with Gasteiger partial charge in [0.15, 0.2) is 0 Å². The smallest absolute Gasteiger partial charge is 0.0622 e. The highest BCUT2D eigenvalue weighted by Gasteiger charge is 2.23. The van der Waals surface area contributed by atoms with Gasteiger partial charge in [-0.3, -0.25) is 0 Å². The number of fused-ring (bicyclic) bond motifs is 12. The molecule has 0 aliphatic heterocycles. The van der Waals surface area contributed by atoms with E-state index < -0.39 is 72.5 Å². The highest BCUT2D eigenvalue weighted by Crippen LogP contribution is 2.50. The van der Waals surface area contributed by atoms with Crippen molar-refractivity contribution >= 4 is 129 Å². The predicted octanol–water partition coefficient (Wildman–Crippen LogP) is 33.9. The maximum atomic E-state index is 9.30. The molecule has 0 amide bonds. The van der Waals surface area contributed by atoms with Gasteiger partial charge in [0.05, 0.1) is 32.9 Å². The molecular weight excluding hydrogens is 1440 g/mol. The molecule has 0 saturated carbocycles. The van der Waals surface area contributed by atoms with Crippen LogP contribution in [0.15, 0.2) is 473 Å². The van der Waals surface area contributed by atoms with Crippen LogP contribution >= 0.6 is 0 Å². The van der Waals surface area contributed by atoms with E-state index in [4.69, 9.17) is 16.4 Å². The van der Waals surface area contributed by atoms with Crippen LogP contribution in [-0.4, -0.2) is 0 Å². The van der Waals surface area contributed by atoms with Gasteiger partial charge < -0.3 is 0 Å². The minimum atomic E-state index is -0.413. The normalized spacial score (nSPS) is 14.3. The number of hydrogen-bond donors (Lipinski definition) is 0. The lowest BCUT2D eigenvalue weighted by Gasteiger charge is -2.20. The van der Waals surface area contributed by atoms with E-state index in [0.29, 0.717) is 66.8 Å². The third kappa shape index (κ3) is 12.8. The molecule has 0 spiro atoms. The molecule has 0 aliphatic rings. The van der Waals surface area contributed by atoms with E-state index >= 15 is 0 Å². The fourth-order valence-corrected chi connectivity index (χ4v) is 17.4. The van der Waals surface area contributed by atoms with Gasteiger partial charge in [0.25, 0.3) is 0 Å². The second-order valence-corrected chi connectivity index (χ2v) is 29.8. The molecule has 0 radical (unpaired) electrons. The molecule has 0 atom stereocenters. The molecule has 120 heavy (non-hydrogen) atoms. The maximum Gasteiger partial charge on any atom is 0.0629 e. The highest BCUT2D eigenvalue weighted by molar-refractivity contribution is 6.26. The molecule has 0 fully saturated rings. The summed E-state index contributed by atoms with van der Waals surface area (Å²) in [7, 11) is 0. The van der Waals surface area contributed by atoms with Crippen LogP contribution in [0.4, 0.5) is 0 Å². The molecule has 0 saturated heterocycles. The first-order valence-electron chi connectivity index (χ1n) is 51.6. The summed E-state index contributed by atoms with van der Waals surface area (Å²) in [5.41, 5.74) is 11.5. The molecule has 24 aromatic rings. The molecule has 0 bridgehead atoms. The molecule has 24 aromatic carbocycles. The van der Waals surface area contributed by atoms with Crippen LogP contribution in [0.3, 0.4) is 0 Å². The Labute approximate surface area is 731 Å². The van der Waals surface area contributed by atoms with E-state index in [1.54, 1.807) is 0 Å². The van der Waals surface area contributed by atoms with Gasteiger partial charge in [-0.1, -0.05) is 430 Å². The molecule has 558 valence electrons. The zero-order chi connectivity index (χ0) is 100. The predicted molar refractivity (Wildman–Crippen MR) is 518 cm³/mol. The molecule has 0 heterocycles. The second-order valence-electron chi connectivity index (χ2n) is 29.8. The second kappa shape index (κ2) is 30.5. The number of benzene rings is 24. The average molecular weight is 1540 g/mol. The van der Waals surface area contributed by atoms with Gasteiger partial charge >= 0.3 is 0 Å². The fourth-order valence-electron chi connectivity index (χ4n) is 17.4. The van der Waals surface area contributed by atoms with Crippen molar-refractivity contribution < 1.29 is 32.9 Å². The lowest BCUT2D eigenvalue weighted by atomic mass is 9.83. The van der Waals surface area contributed by atoms with Crippen molar-refractivity contribution in [3.63, 3.8) is 0 Å². The summed E-state index contributed by atoms with van der Waals surface area (Å²) in [6.45, 7) is 0. The Kier molecular flexibility index (Phi) is 12.7. The van der Waals surface area contributed by atoms with Crippen LogP contribution in [0.2, 0.25) is 0 Å². The highest BCUT2D eigenvalue weighted by atomic mass is 14.3. The first kappa shape index (κ1) is 50.0. The van der Waals surface area contributed by atoms with Gasteiger partial charge in [0.1, 0.15) is 0 Å². The van der Waals surface area contributed by atoms with Crippen molar-refractivity contribution in [3.8, 4) is 100 Å². The average Bonchev–Trinajstić information content (AvgIpc) is 0.703. The van der Waals surface area contributed by atoms with E-state index in [-0.39, 0.29) is 137 Å². The lowest BCUT2D eigenvalue weighted by Crippen LogP contribution is -1.92. The summed E-state index contributed by atoms with van der Waals surface area (Å²) in [5, 5.41) is 13.8. The van der Waals surface area contributed by atoms with E-state index in [1.165, 1.54) is 0 Å². The summed E-state index contributed by atoms with van der Waals surface area (Å²) >= 11 is 0. The SMILES string of the molecule is [2H]c1c([2H])c([2H])c2c(-c3ccc(-c4ccccc4)c4ccccc34)c3c([2H])c([2H])c([2H])c([2H])c3c(-c3ccc4ccccc4c3)c2c1[2H].[2H]c1c([2H])c([2H])c2c(-c3ccc4cc(-c5ccccc5)ccc4c3)c3c([2H])c([2H])c([2H])c([2H])c3c(-c3ccc4ccccc4c3)c2c1[2H].[2H]c1c([2H])c([2H])c2c(-c3ccc4ccccc4c3)c3c([2H])c([2H])c([2H])c([2H])c3c(-c3cccc(-c4ccc5ccccc5c4)c3)c2c1[2H]. The van der Waals surface area contributed by atoms with Crippen molar-refractivity contribution in [2.24, 2.45) is 0 Å². The number of hydrogen-bond acceptors (Lipinski definition) is 0. The topological polar surface area (TPSA) is 0 Å². The van der Waals surface area contributed by atoms with Gasteiger partial charge in [0.2, 0.25) is 0 Å². The van der Waals surface area contributed by atoms with E-state index in [1.807, 2.05) is 315 Å². The minimum absolute atomic E-state index is 0.206. The summed E-state index contributed by atoms with van der Waals surface area (Å²) in [4.78, 5) is 0. The van der Waals surface area contributed by atoms with Crippen molar-refractivity contribution in [3.05, 3.63) is 473 Å². The Morgan fingerprint density at radius 2 is 0.325 bits per heavy atom. The molecule has 0 N–H and O–H groups in total. The maximum absolute atomic E-state index is 9.30. The molecule has 24 rings (SSSR count). The molecule has 0 nitrogen and oxygen atoms in total. The zero-order valence-corrected chi connectivity index (χ0v) is 64.2. The standard InChI is InChI=1S/3C40H26/c1-3-12-29-24-32(22-20-27(29)10-1)31-14-9-15-33(26-31)39-35-16-5-7-18-37(35)40(38-19-8-6-17-36(38)39)34-23-21-28-11-2-4-13-30(28)25-34;1-2-10-27(11-3-1)30-19-20-32-26-34(23-21-31(32)24-30)40-37-16-8-6-14-35(37)39(36-15-7-9-17-38(36)40)33-22-18-28-12-4-5-13-29(28)25-33;1-2-13-28(14-3-1)31-24-25-38(33-17-7-6-16-32(31)33)40-36-20-10-8-18-34(36)39(35-19-9-11-21-37(35)40)30-23-22-27-12-4-5-15-29(27)26-30/h3*1-26H/i5D,6D,7D,8D,16D,17D,18D,19D;6D,7D,8D,9D,14D,15D,16D,17D;8D,9D,10D,11D,18D,19D,20D,21D. The van der Waals surface area contributed by atoms with E-state index in [0.717, 1.165) is 98.0 Å². The summed E-state index contributed by atoms with van der Waals surface area (Å²) < 4.78 is 215. The van der Waals surface area contributed by atoms with Gasteiger partial charge in [-0.15, -0.1) is 0 Å². The van der Waals surface area contributed by atoms with Crippen molar-refractivity contribution in [1.82, 2.24) is 0 Å². The first-order chi connectivity index (χ1) is 69.5. The first-order valence-corrected chi connectivity index (χ1v) is 39.6. The third-order valence-electron chi connectivity index (χ3n) is 23.0.